The first-order chi connectivity index (χ1) is 9.04. The summed E-state index contributed by atoms with van der Waals surface area (Å²) in [5.74, 6) is 0.572. The lowest BCUT2D eigenvalue weighted by molar-refractivity contribution is 0.102. The number of nitrogens with zero attached hydrogens (tertiary/aromatic N) is 1. The Morgan fingerprint density at radius 2 is 2.37 bits per heavy atom. The summed E-state index contributed by atoms with van der Waals surface area (Å²) in [5.41, 5.74) is 6.39. The molecule has 1 aromatic rings. The second-order valence-corrected chi connectivity index (χ2v) is 5.94. The van der Waals surface area contributed by atoms with Crippen LogP contribution in [0.5, 0.6) is 5.75 Å². The molecule has 1 fully saturated rings. The Kier molecular flexibility index (Phi) is 4.31. The number of Topliss-reactive ketones (excluding diaryl/α,β-unsaturated/α-hetero) is 1. The Hall–Kier alpha value is -1.27. The molecule has 6 heteroatoms. The van der Waals surface area contributed by atoms with Crippen molar-refractivity contribution < 1.29 is 9.53 Å². The standard InChI is InChI=1S/C13H21N3O2S/c1-8(17)12-10(14)11(18-3)13(19-12)15-7-9-5-4-6-16(9)2/h9,15H,4-7,14H2,1-3H3. The van der Waals surface area contributed by atoms with E-state index in [1.807, 2.05) is 0 Å². The van der Waals surface area contributed by atoms with Crippen LogP contribution >= 0.6 is 11.3 Å². The van der Waals surface area contributed by atoms with Gasteiger partial charge in [0.1, 0.15) is 5.00 Å². The van der Waals surface area contributed by atoms with E-state index in [9.17, 15) is 4.79 Å². The lowest BCUT2D eigenvalue weighted by Crippen LogP contribution is -2.31. The van der Waals surface area contributed by atoms with Crippen LogP contribution < -0.4 is 15.8 Å². The summed E-state index contributed by atoms with van der Waals surface area (Å²) < 4.78 is 5.31. The highest BCUT2D eigenvalue weighted by Crippen LogP contribution is 2.42. The molecule has 0 spiro atoms. The van der Waals surface area contributed by atoms with Gasteiger partial charge < -0.3 is 20.7 Å². The largest absolute Gasteiger partial charge is 0.492 e. The summed E-state index contributed by atoms with van der Waals surface area (Å²) in [6.07, 6.45) is 2.44. The van der Waals surface area contributed by atoms with Crippen LogP contribution in [0.25, 0.3) is 0 Å². The molecule has 5 nitrogen and oxygen atoms in total. The summed E-state index contributed by atoms with van der Waals surface area (Å²) in [6, 6.07) is 0.536. The molecule has 0 amide bonds. The molecule has 0 aromatic carbocycles. The molecular weight excluding hydrogens is 262 g/mol. The number of ketones is 1. The predicted molar refractivity (Wildman–Crippen MR) is 79.4 cm³/mol. The number of nitrogens with two attached hydrogens (primary N) is 1. The molecule has 19 heavy (non-hydrogen) atoms. The minimum atomic E-state index is -0.0214. The predicted octanol–water partition coefficient (Wildman–Crippen LogP) is 2.05. The number of hydrogen-bond donors (Lipinski definition) is 2. The minimum absolute atomic E-state index is 0.0214. The van der Waals surface area contributed by atoms with Crippen molar-refractivity contribution in [3.63, 3.8) is 0 Å². The van der Waals surface area contributed by atoms with Gasteiger partial charge in [0.05, 0.1) is 17.7 Å². The first-order valence-corrected chi connectivity index (χ1v) is 7.27. The molecule has 3 N–H and O–H groups in total. The van der Waals surface area contributed by atoms with Gasteiger partial charge in [0, 0.05) is 19.5 Å². The van der Waals surface area contributed by atoms with Crippen LogP contribution in [0.3, 0.4) is 0 Å². The molecule has 0 radical (unpaired) electrons. The molecule has 2 heterocycles. The van der Waals surface area contributed by atoms with Gasteiger partial charge in [0.2, 0.25) is 0 Å². The highest BCUT2D eigenvalue weighted by molar-refractivity contribution is 7.19. The molecule has 1 aromatic heterocycles. The third-order valence-corrected chi connectivity index (χ3v) is 4.84. The van der Waals surface area contributed by atoms with Gasteiger partial charge in [-0.1, -0.05) is 0 Å². The number of methoxy groups -OCH3 is 1. The zero-order valence-corrected chi connectivity index (χ0v) is 12.5. The van der Waals surface area contributed by atoms with Gasteiger partial charge in [0.25, 0.3) is 0 Å². The third kappa shape index (κ3) is 2.84. The minimum Gasteiger partial charge on any atom is -0.492 e. The van der Waals surface area contributed by atoms with Crippen LogP contribution in [0.4, 0.5) is 10.7 Å². The molecule has 0 aliphatic carbocycles. The topological polar surface area (TPSA) is 67.6 Å². The Morgan fingerprint density at radius 3 is 2.89 bits per heavy atom. The molecule has 0 bridgehead atoms. The highest BCUT2D eigenvalue weighted by atomic mass is 32.1. The van der Waals surface area contributed by atoms with E-state index in [4.69, 9.17) is 10.5 Å². The molecule has 1 atom stereocenters. The van der Waals surface area contributed by atoms with E-state index in [0.717, 1.165) is 18.1 Å². The first kappa shape index (κ1) is 14.1. The average Bonchev–Trinajstić information content (AvgIpc) is 2.90. The van der Waals surface area contributed by atoms with Crippen LogP contribution in [0.15, 0.2) is 0 Å². The Balaban J connectivity index is 2.11. The van der Waals surface area contributed by atoms with Gasteiger partial charge in [-0.25, -0.2) is 0 Å². The molecule has 1 aliphatic heterocycles. The van der Waals surface area contributed by atoms with Crippen LogP contribution in [0.1, 0.15) is 29.4 Å². The number of hydrogen-bond acceptors (Lipinski definition) is 6. The Bertz CT molecular complexity index is 473. The van der Waals surface area contributed by atoms with Crippen LogP contribution in [-0.2, 0) is 0 Å². The number of ether oxygens (including phenoxy) is 1. The number of nitrogens with one attached hydrogen (secondary N) is 1. The second kappa shape index (κ2) is 5.79. The number of thiophene rings is 1. The van der Waals surface area contributed by atoms with Crippen molar-refractivity contribution in [2.45, 2.75) is 25.8 Å². The summed E-state index contributed by atoms with van der Waals surface area (Å²) in [5, 5.41) is 4.22. The van der Waals surface area contributed by atoms with E-state index in [1.165, 1.54) is 31.1 Å². The molecule has 106 valence electrons. The number of nitrogen functional groups attached to an aromatic ring is 1. The van der Waals surface area contributed by atoms with Crippen molar-refractivity contribution in [3.05, 3.63) is 4.88 Å². The average molecular weight is 283 g/mol. The molecule has 1 aliphatic rings. The molecule has 1 unspecified atom stereocenters. The summed E-state index contributed by atoms with van der Waals surface area (Å²) in [6.45, 7) is 3.52. The van der Waals surface area contributed by atoms with Crippen molar-refractivity contribution >= 4 is 27.8 Å². The second-order valence-electron chi connectivity index (χ2n) is 4.92. The number of likely N-dealkylation sites (tertiary alicyclic amines) is 1. The maximum Gasteiger partial charge on any atom is 0.176 e. The highest BCUT2D eigenvalue weighted by Gasteiger charge is 2.23. The zero-order chi connectivity index (χ0) is 14.0. The summed E-state index contributed by atoms with van der Waals surface area (Å²) >= 11 is 1.37. The fourth-order valence-corrected chi connectivity index (χ4v) is 3.45. The van der Waals surface area contributed by atoms with E-state index in [2.05, 4.69) is 17.3 Å². The molecule has 1 saturated heterocycles. The molecule has 2 rings (SSSR count). The van der Waals surface area contributed by atoms with Crippen molar-refractivity contribution in [1.82, 2.24) is 4.90 Å². The van der Waals surface area contributed by atoms with Gasteiger partial charge in [0.15, 0.2) is 11.5 Å². The number of anilines is 2. The van der Waals surface area contributed by atoms with Crippen LogP contribution in [0.2, 0.25) is 0 Å². The number of carbonyl (C=O) groups is 1. The van der Waals surface area contributed by atoms with Gasteiger partial charge >= 0.3 is 0 Å². The normalized spacial score (nSPS) is 19.6. The quantitative estimate of drug-likeness (QED) is 0.810. The van der Waals surface area contributed by atoms with Crippen molar-refractivity contribution in [2.24, 2.45) is 0 Å². The molecule has 0 saturated carbocycles. The van der Waals surface area contributed by atoms with E-state index in [-0.39, 0.29) is 5.78 Å². The Morgan fingerprint density at radius 1 is 1.63 bits per heavy atom. The van der Waals surface area contributed by atoms with E-state index < -0.39 is 0 Å². The zero-order valence-electron chi connectivity index (χ0n) is 11.7. The van der Waals surface area contributed by atoms with E-state index in [0.29, 0.717) is 22.4 Å². The first-order valence-electron chi connectivity index (χ1n) is 6.46. The number of carbonyl (C=O) groups excluding carboxylic acids is 1. The smallest absolute Gasteiger partial charge is 0.176 e. The van der Waals surface area contributed by atoms with Gasteiger partial charge in [-0.2, -0.15) is 0 Å². The lowest BCUT2D eigenvalue weighted by Gasteiger charge is -2.20. The summed E-state index contributed by atoms with van der Waals surface area (Å²) in [4.78, 5) is 14.4. The van der Waals surface area contributed by atoms with E-state index in [1.54, 1.807) is 7.11 Å². The summed E-state index contributed by atoms with van der Waals surface area (Å²) in [7, 11) is 3.72. The van der Waals surface area contributed by atoms with Gasteiger partial charge in [-0.3, -0.25) is 4.79 Å². The van der Waals surface area contributed by atoms with Crippen molar-refractivity contribution in [1.29, 1.82) is 0 Å². The van der Waals surface area contributed by atoms with Gasteiger partial charge in [-0.05, 0) is 26.4 Å². The van der Waals surface area contributed by atoms with Gasteiger partial charge in [-0.15, -0.1) is 11.3 Å². The van der Waals surface area contributed by atoms with Crippen molar-refractivity contribution in [3.8, 4) is 5.75 Å². The lowest BCUT2D eigenvalue weighted by atomic mass is 10.2. The fourth-order valence-electron chi connectivity index (χ4n) is 2.46. The van der Waals surface area contributed by atoms with E-state index >= 15 is 0 Å². The monoisotopic (exact) mass is 283 g/mol. The fraction of sp³-hybridized carbons (Fsp3) is 0.615. The van der Waals surface area contributed by atoms with Crippen molar-refractivity contribution in [2.75, 3.05) is 38.3 Å². The Labute approximate surface area is 117 Å². The number of rotatable bonds is 5. The number of likely N-dealkylation sites (N-methyl/N-ethyl adjacent to an activating group) is 1. The molecular formula is C13H21N3O2S. The SMILES string of the molecule is COc1c(NCC2CCCN2C)sc(C(C)=O)c1N. The van der Waals surface area contributed by atoms with Crippen LogP contribution in [-0.4, -0.2) is 44.0 Å². The van der Waals surface area contributed by atoms with Crippen LogP contribution in [0, 0.1) is 0 Å². The third-order valence-electron chi connectivity index (χ3n) is 3.59. The maximum atomic E-state index is 11.5. The maximum absolute atomic E-state index is 11.5.